The van der Waals surface area contributed by atoms with E-state index in [2.05, 4.69) is 33.6 Å². The van der Waals surface area contributed by atoms with Crippen molar-refractivity contribution in [1.29, 1.82) is 0 Å². The molecule has 0 fully saturated rings. The average Bonchev–Trinajstić information content (AvgIpc) is 2.76. The molecule has 7 nitrogen and oxygen atoms in total. The molecule has 0 atom stereocenters. The summed E-state index contributed by atoms with van der Waals surface area (Å²) in [7, 11) is 3.26. The summed E-state index contributed by atoms with van der Waals surface area (Å²) in [5.74, 6) is 2.63. The monoisotopic (exact) mass is 393 g/mol. The molecule has 2 aromatic carbocycles. The Morgan fingerprint density at radius 3 is 2.48 bits per heavy atom. The molecule has 0 saturated heterocycles. The van der Waals surface area contributed by atoms with Crippen molar-refractivity contribution in [3.63, 3.8) is 0 Å². The number of methoxy groups -OCH3 is 2. The lowest BCUT2D eigenvalue weighted by atomic mass is 10.1. The second-order valence-corrected chi connectivity index (χ2v) is 6.49. The van der Waals surface area contributed by atoms with Crippen molar-refractivity contribution >= 4 is 23.0 Å². The molecule has 0 radical (unpaired) electrons. The molecule has 0 saturated carbocycles. The number of nitrogen functional groups attached to an aromatic ring is 1. The summed E-state index contributed by atoms with van der Waals surface area (Å²) < 4.78 is 10.6. The highest BCUT2D eigenvalue weighted by Gasteiger charge is 2.10. The summed E-state index contributed by atoms with van der Waals surface area (Å²) in [4.78, 5) is 8.58. The first kappa shape index (κ1) is 20.3. The van der Waals surface area contributed by atoms with E-state index in [1.54, 1.807) is 14.2 Å². The third-order valence-corrected chi connectivity index (χ3v) is 4.69. The molecule has 0 aliphatic rings. The van der Waals surface area contributed by atoms with E-state index in [0.717, 1.165) is 24.1 Å². The smallest absolute Gasteiger partial charge is 0.160 e. The Morgan fingerprint density at radius 1 is 0.966 bits per heavy atom. The number of benzene rings is 2. The molecule has 7 heteroatoms. The summed E-state index contributed by atoms with van der Waals surface area (Å²) in [6.45, 7) is 2.78. The lowest BCUT2D eigenvalue weighted by Gasteiger charge is -2.14. The van der Waals surface area contributed by atoms with Gasteiger partial charge < -0.3 is 25.8 Å². The number of rotatable bonds is 9. The van der Waals surface area contributed by atoms with Gasteiger partial charge in [0.15, 0.2) is 23.1 Å². The lowest BCUT2D eigenvalue weighted by Crippen LogP contribution is -2.11. The van der Waals surface area contributed by atoms with E-state index in [9.17, 15) is 0 Å². The molecule has 0 aliphatic heterocycles. The van der Waals surface area contributed by atoms with Crippen LogP contribution in [0.15, 0.2) is 48.8 Å². The van der Waals surface area contributed by atoms with Crippen molar-refractivity contribution < 1.29 is 9.47 Å². The second kappa shape index (κ2) is 9.64. The summed E-state index contributed by atoms with van der Waals surface area (Å²) in [5.41, 5.74) is 10.1. The molecule has 152 valence electrons. The third-order valence-electron chi connectivity index (χ3n) is 4.69. The maximum absolute atomic E-state index is 6.30. The first-order valence-corrected chi connectivity index (χ1v) is 9.56. The van der Waals surface area contributed by atoms with Crippen molar-refractivity contribution in [3.8, 4) is 11.5 Å². The molecule has 1 aromatic heterocycles. The minimum absolute atomic E-state index is 0.491. The molecule has 0 unspecified atom stereocenters. The molecule has 0 bridgehead atoms. The van der Waals surface area contributed by atoms with Gasteiger partial charge in [-0.25, -0.2) is 9.97 Å². The topological polar surface area (TPSA) is 94.3 Å². The molecule has 0 amide bonds. The van der Waals surface area contributed by atoms with Crippen LogP contribution in [0.1, 0.15) is 18.1 Å². The van der Waals surface area contributed by atoms with Gasteiger partial charge in [0.1, 0.15) is 12.0 Å². The van der Waals surface area contributed by atoms with Crippen molar-refractivity contribution in [2.45, 2.75) is 19.8 Å². The number of aryl methyl sites for hydroxylation is 1. The number of nitrogens with two attached hydrogens (primary N) is 1. The number of hydrogen-bond acceptors (Lipinski definition) is 7. The van der Waals surface area contributed by atoms with Crippen LogP contribution < -0.4 is 25.8 Å². The van der Waals surface area contributed by atoms with Crippen LogP contribution in [-0.4, -0.2) is 30.7 Å². The lowest BCUT2D eigenvalue weighted by molar-refractivity contribution is 0.354. The van der Waals surface area contributed by atoms with Crippen LogP contribution in [0.4, 0.5) is 23.0 Å². The van der Waals surface area contributed by atoms with Crippen molar-refractivity contribution in [3.05, 3.63) is 59.9 Å². The fraction of sp³-hybridized carbons (Fsp3) is 0.273. The number of ether oxygens (including phenoxy) is 2. The van der Waals surface area contributed by atoms with E-state index < -0.39 is 0 Å². The fourth-order valence-corrected chi connectivity index (χ4v) is 3.08. The van der Waals surface area contributed by atoms with E-state index >= 15 is 0 Å². The zero-order valence-corrected chi connectivity index (χ0v) is 17.0. The van der Waals surface area contributed by atoms with Gasteiger partial charge in [0.05, 0.1) is 14.2 Å². The van der Waals surface area contributed by atoms with Gasteiger partial charge in [-0.1, -0.05) is 31.2 Å². The fourth-order valence-electron chi connectivity index (χ4n) is 3.08. The minimum atomic E-state index is 0.491. The SMILES string of the molecule is CCc1ccccc1Nc1ncnc(NCCc2ccc(OC)c(OC)c2)c1N. The maximum Gasteiger partial charge on any atom is 0.160 e. The summed E-state index contributed by atoms with van der Waals surface area (Å²) in [6, 6.07) is 14.0. The molecular weight excluding hydrogens is 366 g/mol. The molecule has 0 spiro atoms. The van der Waals surface area contributed by atoms with Gasteiger partial charge in [-0.15, -0.1) is 0 Å². The van der Waals surface area contributed by atoms with Gasteiger partial charge in [-0.05, 0) is 42.2 Å². The van der Waals surface area contributed by atoms with Gasteiger partial charge in [-0.2, -0.15) is 0 Å². The highest BCUT2D eigenvalue weighted by Crippen LogP contribution is 2.29. The predicted octanol–water partition coefficient (Wildman–Crippen LogP) is 4.04. The number of hydrogen-bond donors (Lipinski definition) is 3. The maximum atomic E-state index is 6.30. The average molecular weight is 393 g/mol. The van der Waals surface area contributed by atoms with E-state index in [0.29, 0.717) is 35.4 Å². The molecule has 0 aliphatic carbocycles. The standard InChI is InChI=1S/C22H27N5O2/c1-4-16-7-5-6-8-17(16)27-22-20(23)21(25-14-26-22)24-12-11-15-9-10-18(28-2)19(13-15)29-3/h5-10,13-14H,4,11-12,23H2,1-3H3,(H2,24,25,26,27). The quantitative estimate of drug-likeness (QED) is 0.505. The van der Waals surface area contributed by atoms with E-state index in [-0.39, 0.29) is 0 Å². The van der Waals surface area contributed by atoms with Crippen LogP contribution in [0.5, 0.6) is 11.5 Å². The van der Waals surface area contributed by atoms with E-state index in [1.807, 2.05) is 36.4 Å². The Labute approximate surface area is 171 Å². The van der Waals surface area contributed by atoms with Gasteiger partial charge in [0.25, 0.3) is 0 Å². The van der Waals surface area contributed by atoms with Crippen molar-refractivity contribution in [2.75, 3.05) is 37.1 Å². The molecule has 29 heavy (non-hydrogen) atoms. The molecule has 1 heterocycles. The summed E-state index contributed by atoms with van der Waals surface area (Å²) >= 11 is 0. The third kappa shape index (κ3) is 4.87. The second-order valence-electron chi connectivity index (χ2n) is 6.49. The van der Waals surface area contributed by atoms with Crippen LogP contribution in [0.25, 0.3) is 0 Å². The number of anilines is 4. The van der Waals surface area contributed by atoms with Crippen LogP contribution in [-0.2, 0) is 12.8 Å². The molecule has 3 rings (SSSR count). The molecular formula is C22H27N5O2. The van der Waals surface area contributed by atoms with Crippen molar-refractivity contribution in [1.82, 2.24) is 9.97 Å². The van der Waals surface area contributed by atoms with E-state index in [1.165, 1.54) is 11.9 Å². The van der Waals surface area contributed by atoms with Crippen LogP contribution in [0.3, 0.4) is 0 Å². The molecule has 3 aromatic rings. The van der Waals surface area contributed by atoms with Crippen LogP contribution in [0.2, 0.25) is 0 Å². The van der Waals surface area contributed by atoms with E-state index in [4.69, 9.17) is 15.2 Å². The Kier molecular flexibility index (Phi) is 6.73. The van der Waals surface area contributed by atoms with Crippen molar-refractivity contribution in [2.24, 2.45) is 0 Å². The normalized spacial score (nSPS) is 10.4. The highest BCUT2D eigenvalue weighted by molar-refractivity contribution is 5.78. The predicted molar refractivity (Wildman–Crippen MR) is 117 cm³/mol. The Hall–Kier alpha value is -3.48. The number of nitrogens with one attached hydrogen (secondary N) is 2. The number of para-hydroxylation sites is 1. The van der Waals surface area contributed by atoms with Gasteiger partial charge >= 0.3 is 0 Å². The van der Waals surface area contributed by atoms with Gasteiger partial charge in [0, 0.05) is 12.2 Å². The molecule has 4 N–H and O–H groups in total. The summed E-state index contributed by atoms with van der Waals surface area (Å²) in [6.07, 6.45) is 3.21. The van der Waals surface area contributed by atoms with Crippen LogP contribution in [0, 0.1) is 0 Å². The Morgan fingerprint density at radius 2 is 1.72 bits per heavy atom. The van der Waals surface area contributed by atoms with Gasteiger partial charge in [0.2, 0.25) is 0 Å². The summed E-state index contributed by atoms with van der Waals surface area (Å²) in [5, 5.41) is 6.62. The Bertz CT molecular complexity index is 962. The largest absolute Gasteiger partial charge is 0.493 e. The first-order valence-electron chi connectivity index (χ1n) is 9.56. The zero-order valence-electron chi connectivity index (χ0n) is 17.0. The zero-order chi connectivity index (χ0) is 20.6. The highest BCUT2D eigenvalue weighted by atomic mass is 16.5. The van der Waals surface area contributed by atoms with Crippen LogP contribution >= 0.6 is 0 Å². The number of aromatic nitrogens is 2. The van der Waals surface area contributed by atoms with Gasteiger partial charge in [-0.3, -0.25) is 0 Å². The minimum Gasteiger partial charge on any atom is -0.493 e. The first-order chi connectivity index (χ1) is 14.2. The number of nitrogens with zero attached hydrogens (tertiary/aromatic N) is 2. The Balaban J connectivity index is 1.67.